The number of ether oxygens (including phenoxy) is 4. The minimum atomic E-state index is -4.95. The largest absolute Gasteiger partial charge is 0.472 e. The number of carbonyl (C=O) groups excluding carboxylic acids is 4. The molecule has 0 radical (unpaired) electrons. The third-order valence-electron chi connectivity index (χ3n) is 16.6. The molecular formula is C72H140O17P2. The van der Waals surface area contributed by atoms with Crippen molar-refractivity contribution in [3.05, 3.63) is 0 Å². The van der Waals surface area contributed by atoms with Gasteiger partial charge in [0.25, 0.3) is 0 Å². The van der Waals surface area contributed by atoms with E-state index in [1.807, 2.05) is 0 Å². The van der Waals surface area contributed by atoms with Gasteiger partial charge in [-0.15, -0.1) is 0 Å². The molecule has 0 aromatic carbocycles. The van der Waals surface area contributed by atoms with E-state index in [1.165, 1.54) is 154 Å². The van der Waals surface area contributed by atoms with Crippen LogP contribution in [0.25, 0.3) is 0 Å². The van der Waals surface area contributed by atoms with Gasteiger partial charge in [-0.3, -0.25) is 37.3 Å². The van der Waals surface area contributed by atoms with Crippen LogP contribution in [-0.2, 0) is 65.4 Å². The third-order valence-corrected chi connectivity index (χ3v) is 18.5. The van der Waals surface area contributed by atoms with Crippen molar-refractivity contribution >= 4 is 39.5 Å². The minimum absolute atomic E-state index is 0.101. The Morgan fingerprint density at radius 1 is 0.275 bits per heavy atom. The topological polar surface area (TPSA) is 237 Å². The number of hydrogen-bond donors (Lipinski definition) is 3. The van der Waals surface area contributed by atoms with Crippen molar-refractivity contribution in [2.75, 3.05) is 39.6 Å². The second-order valence-electron chi connectivity index (χ2n) is 27.9. The van der Waals surface area contributed by atoms with E-state index < -0.39 is 97.5 Å². The van der Waals surface area contributed by atoms with Crippen LogP contribution >= 0.6 is 15.6 Å². The van der Waals surface area contributed by atoms with Crippen molar-refractivity contribution in [3.63, 3.8) is 0 Å². The number of phosphoric acid groups is 2. The zero-order valence-corrected chi connectivity index (χ0v) is 61.3. The van der Waals surface area contributed by atoms with Crippen LogP contribution in [0.3, 0.4) is 0 Å². The van der Waals surface area contributed by atoms with Crippen molar-refractivity contribution in [2.45, 2.75) is 375 Å². The lowest BCUT2D eigenvalue weighted by molar-refractivity contribution is -0.161. The molecule has 0 aliphatic heterocycles. The van der Waals surface area contributed by atoms with Gasteiger partial charge in [0.15, 0.2) is 12.2 Å². The molecule has 0 saturated heterocycles. The van der Waals surface area contributed by atoms with E-state index in [9.17, 15) is 43.2 Å². The molecule has 540 valence electrons. The van der Waals surface area contributed by atoms with Gasteiger partial charge in [-0.05, 0) is 49.4 Å². The first-order valence-corrected chi connectivity index (χ1v) is 40.2. The number of hydrogen-bond acceptors (Lipinski definition) is 15. The normalized spacial score (nSPS) is 14.2. The molecule has 0 saturated carbocycles. The molecule has 19 heteroatoms. The fraction of sp³-hybridized carbons (Fsp3) is 0.944. The predicted molar refractivity (Wildman–Crippen MR) is 367 cm³/mol. The van der Waals surface area contributed by atoms with E-state index in [0.29, 0.717) is 37.5 Å². The fourth-order valence-electron chi connectivity index (χ4n) is 10.8. The van der Waals surface area contributed by atoms with Crippen LogP contribution in [0.5, 0.6) is 0 Å². The molecule has 91 heavy (non-hydrogen) atoms. The van der Waals surface area contributed by atoms with E-state index in [1.54, 1.807) is 0 Å². The molecule has 2 unspecified atom stereocenters. The smallest absolute Gasteiger partial charge is 0.462 e. The number of unbranched alkanes of at least 4 members (excludes halogenated alkanes) is 35. The summed E-state index contributed by atoms with van der Waals surface area (Å²) in [5, 5.41) is 10.6. The van der Waals surface area contributed by atoms with Crippen molar-refractivity contribution in [1.29, 1.82) is 0 Å². The van der Waals surface area contributed by atoms with Crippen molar-refractivity contribution in [2.24, 2.45) is 23.7 Å². The quantitative estimate of drug-likeness (QED) is 0.0222. The van der Waals surface area contributed by atoms with Crippen LogP contribution in [0.2, 0.25) is 0 Å². The number of aliphatic hydroxyl groups is 1. The Morgan fingerprint density at radius 3 is 0.681 bits per heavy atom. The number of rotatable bonds is 69. The highest BCUT2D eigenvalue weighted by Gasteiger charge is 2.30. The van der Waals surface area contributed by atoms with Gasteiger partial charge in [0, 0.05) is 25.7 Å². The summed E-state index contributed by atoms with van der Waals surface area (Å²) in [6.07, 6.45) is 44.8. The minimum Gasteiger partial charge on any atom is -0.462 e. The van der Waals surface area contributed by atoms with E-state index in [-0.39, 0.29) is 25.7 Å². The highest BCUT2D eigenvalue weighted by atomic mass is 31.2. The molecule has 0 rings (SSSR count). The van der Waals surface area contributed by atoms with Gasteiger partial charge in [0.1, 0.15) is 19.3 Å². The van der Waals surface area contributed by atoms with Crippen LogP contribution in [0.15, 0.2) is 0 Å². The first-order valence-electron chi connectivity index (χ1n) is 37.2. The maximum absolute atomic E-state index is 13.0. The lowest BCUT2D eigenvalue weighted by Gasteiger charge is -2.21. The van der Waals surface area contributed by atoms with Gasteiger partial charge in [-0.1, -0.05) is 306 Å². The molecule has 0 aromatic heterocycles. The van der Waals surface area contributed by atoms with Gasteiger partial charge in [-0.2, -0.15) is 0 Å². The summed E-state index contributed by atoms with van der Waals surface area (Å²) in [5.74, 6) is 0.801. The Kier molecular flexibility index (Phi) is 60.3. The Morgan fingerprint density at radius 2 is 0.462 bits per heavy atom. The highest BCUT2D eigenvalue weighted by molar-refractivity contribution is 7.47. The fourth-order valence-corrected chi connectivity index (χ4v) is 12.4. The summed E-state index contributed by atoms with van der Waals surface area (Å²) in [6, 6.07) is 0. The summed E-state index contributed by atoms with van der Waals surface area (Å²) < 4.78 is 68.3. The third kappa shape index (κ3) is 66.5. The monoisotopic (exact) mass is 1340 g/mol. The van der Waals surface area contributed by atoms with Gasteiger partial charge in [0.05, 0.1) is 26.4 Å². The molecule has 0 bridgehead atoms. The predicted octanol–water partition coefficient (Wildman–Crippen LogP) is 20.5. The van der Waals surface area contributed by atoms with Gasteiger partial charge >= 0.3 is 39.5 Å². The molecule has 0 aromatic rings. The second kappa shape index (κ2) is 61.6. The maximum Gasteiger partial charge on any atom is 0.472 e. The van der Waals surface area contributed by atoms with E-state index in [2.05, 4.69) is 55.4 Å². The van der Waals surface area contributed by atoms with Gasteiger partial charge in [-0.25, -0.2) is 9.13 Å². The van der Waals surface area contributed by atoms with Crippen LogP contribution in [-0.4, -0.2) is 96.7 Å². The molecule has 17 nitrogen and oxygen atoms in total. The Bertz CT molecular complexity index is 1800. The SMILES string of the molecule is CC(C)CCCCCCCCCCCCCCCCCC(=O)O[C@H](COC(=O)CCCCCCCCCCCCCCC(C)C)COP(=O)(O)OC[C@@H](O)COP(=O)(O)OC[C@@H](COC(=O)CCCCCCCCC(C)C)OC(=O)CCCCCCCCC(C)C. The molecule has 0 aliphatic rings. The van der Waals surface area contributed by atoms with Crippen molar-refractivity contribution in [3.8, 4) is 0 Å². The zero-order chi connectivity index (χ0) is 67.5. The first kappa shape index (κ1) is 89.1. The summed E-state index contributed by atoms with van der Waals surface area (Å²) in [5.41, 5.74) is 0. The van der Waals surface area contributed by atoms with Crippen LogP contribution < -0.4 is 0 Å². The molecule has 5 atom stereocenters. The highest BCUT2D eigenvalue weighted by Crippen LogP contribution is 2.45. The molecule has 3 N–H and O–H groups in total. The number of aliphatic hydroxyl groups excluding tert-OH is 1. The Balaban J connectivity index is 5.21. The van der Waals surface area contributed by atoms with Crippen LogP contribution in [0.1, 0.15) is 357 Å². The van der Waals surface area contributed by atoms with Crippen LogP contribution in [0, 0.1) is 23.7 Å². The summed E-state index contributed by atoms with van der Waals surface area (Å²) >= 11 is 0. The lowest BCUT2D eigenvalue weighted by atomic mass is 10.0. The summed E-state index contributed by atoms with van der Waals surface area (Å²) in [7, 11) is -9.90. The zero-order valence-electron chi connectivity index (χ0n) is 59.5. The molecule has 0 fully saturated rings. The second-order valence-corrected chi connectivity index (χ2v) is 30.8. The lowest BCUT2D eigenvalue weighted by Crippen LogP contribution is -2.30. The van der Waals surface area contributed by atoms with Gasteiger partial charge in [0.2, 0.25) is 0 Å². The molecule has 0 aliphatic carbocycles. The molecule has 0 heterocycles. The summed E-state index contributed by atoms with van der Waals surface area (Å²) in [4.78, 5) is 72.5. The van der Waals surface area contributed by atoms with E-state index >= 15 is 0 Å². The number of esters is 4. The molecule has 0 spiro atoms. The number of phosphoric ester groups is 2. The Hall–Kier alpha value is -1.94. The first-order chi connectivity index (χ1) is 43.6. The van der Waals surface area contributed by atoms with E-state index in [4.69, 9.17) is 37.0 Å². The molecular weight excluding hydrogens is 1200 g/mol. The van der Waals surface area contributed by atoms with Gasteiger partial charge < -0.3 is 33.8 Å². The summed E-state index contributed by atoms with van der Waals surface area (Å²) in [6.45, 7) is 14.0. The average Bonchev–Trinajstić information content (AvgIpc) is 2.88. The standard InChI is InChI=1S/C72H140O17P2/c1-62(2)48-40-32-24-20-16-12-10-9-11-13-19-23-27-38-46-54-71(76)88-67(58-82-69(74)52-44-36-26-22-18-15-14-17-21-25-33-41-49-63(3)4)60-86-90(78,79)84-56-66(73)57-85-91(80,81)87-61-68(89-72(77)55-47-39-31-29-35-43-51-65(7)8)59-83-70(75)53-45-37-30-28-34-42-50-64(5)6/h62-68,73H,9-61H2,1-8H3,(H,78,79)(H,80,81)/t66-,67-,68-/m1/s1. The molecule has 0 amide bonds. The van der Waals surface area contributed by atoms with Crippen LogP contribution in [0.4, 0.5) is 0 Å². The van der Waals surface area contributed by atoms with E-state index in [0.717, 1.165) is 108 Å². The maximum atomic E-state index is 13.0. The average molecular weight is 1340 g/mol. The Labute approximate surface area is 556 Å². The van der Waals surface area contributed by atoms with Crippen molar-refractivity contribution < 1.29 is 80.2 Å². The number of carbonyl (C=O) groups is 4. The van der Waals surface area contributed by atoms with Crippen molar-refractivity contribution in [1.82, 2.24) is 0 Å².